The summed E-state index contributed by atoms with van der Waals surface area (Å²) in [5, 5.41) is 4.95. The zero-order valence-corrected chi connectivity index (χ0v) is 15.0. The molecule has 5 nitrogen and oxygen atoms in total. The van der Waals surface area contributed by atoms with E-state index in [0.717, 1.165) is 43.0 Å². The van der Waals surface area contributed by atoms with Gasteiger partial charge < -0.3 is 5.32 Å². The van der Waals surface area contributed by atoms with Gasteiger partial charge in [-0.05, 0) is 36.4 Å². The van der Waals surface area contributed by atoms with Crippen LogP contribution in [0.1, 0.15) is 41.0 Å². The van der Waals surface area contributed by atoms with Crippen LogP contribution in [0.15, 0.2) is 41.9 Å². The first-order chi connectivity index (χ1) is 12.2. The number of piperidine rings is 1. The predicted octanol–water partition coefficient (Wildman–Crippen LogP) is 2.89. The number of rotatable bonds is 7. The number of pyridine rings is 1. The Morgan fingerprint density at radius 3 is 2.68 bits per heavy atom. The van der Waals surface area contributed by atoms with Crippen molar-refractivity contribution in [2.75, 3.05) is 13.1 Å². The van der Waals surface area contributed by atoms with Crippen molar-refractivity contribution in [3.05, 3.63) is 52.5 Å². The van der Waals surface area contributed by atoms with E-state index in [0.29, 0.717) is 0 Å². The van der Waals surface area contributed by atoms with Crippen molar-refractivity contribution in [3.63, 3.8) is 0 Å². The minimum absolute atomic E-state index is 0.0203. The quantitative estimate of drug-likeness (QED) is 0.774. The second kappa shape index (κ2) is 8.87. The van der Waals surface area contributed by atoms with Gasteiger partial charge in [-0.25, -0.2) is 0 Å². The van der Waals surface area contributed by atoms with Crippen LogP contribution >= 0.6 is 11.3 Å². The van der Waals surface area contributed by atoms with Gasteiger partial charge in [0.05, 0.1) is 10.6 Å². The van der Waals surface area contributed by atoms with E-state index in [2.05, 4.69) is 15.2 Å². The maximum atomic E-state index is 12.1. The second-order valence-corrected chi connectivity index (χ2v) is 7.29. The Balaban J connectivity index is 1.35. The molecule has 2 aromatic rings. The molecule has 1 fully saturated rings. The van der Waals surface area contributed by atoms with Crippen LogP contribution in [-0.2, 0) is 11.3 Å². The van der Waals surface area contributed by atoms with Crippen LogP contribution in [0.25, 0.3) is 0 Å². The van der Waals surface area contributed by atoms with E-state index >= 15 is 0 Å². The lowest BCUT2D eigenvalue weighted by molar-refractivity contribution is -0.122. The fourth-order valence-corrected chi connectivity index (χ4v) is 3.74. The molecule has 6 heteroatoms. The highest BCUT2D eigenvalue weighted by molar-refractivity contribution is 7.12. The SMILES string of the molecule is O=C(CCC(=O)c1cccs1)NC1CCN(Cc2ccccn2)CC1. The summed E-state index contributed by atoms with van der Waals surface area (Å²) in [6.07, 6.45) is 4.25. The number of likely N-dealkylation sites (tertiary alicyclic amines) is 1. The van der Waals surface area contributed by atoms with E-state index in [1.165, 1.54) is 11.3 Å². The highest BCUT2D eigenvalue weighted by atomic mass is 32.1. The number of aromatic nitrogens is 1. The highest BCUT2D eigenvalue weighted by Crippen LogP contribution is 2.14. The van der Waals surface area contributed by atoms with Crippen LogP contribution in [0.2, 0.25) is 0 Å². The normalized spacial score (nSPS) is 15.8. The first kappa shape index (κ1) is 17.8. The van der Waals surface area contributed by atoms with Crippen LogP contribution in [0.3, 0.4) is 0 Å². The molecule has 1 aliphatic rings. The second-order valence-electron chi connectivity index (χ2n) is 6.34. The average Bonchev–Trinajstić information content (AvgIpc) is 3.17. The number of hydrogen-bond acceptors (Lipinski definition) is 5. The molecule has 0 unspecified atom stereocenters. The molecule has 0 aromatic carbocycles. The minimum Gasteiger partial charge on any atom is -0.353 e. The standard InChI is InChI=1S/C19H23N3O2S/c23-17(18-5-3-13-25-18)6-7-19(24)21-15-8-11-22(12-9-15)14-16-4-1-2-10-20-16/h1-5,10,13,15H,6-9,11-12,14H2,(H,21,24). The molecule has 0 aliphatic carbocycles. The third-order valence-electron chi connectivity index (χ3n) is 4.44. The highest BCUT2D eigenvalue weighted by Gasteiger charge is 2.21. The van der Waals surface area contributed by atoms with E-state index in [1.54, 1.807) is 0 Å². The minimum atomic E-state index is -0.0203. The van der Waals surface area contributed by atoms with Gasteiger partial charge in [-0.1, -0.05) is 12.1 Å². The molecule has 3 heterocycles. The molecule has 1 N–H and O–H groups in total. The van der Waals surface area contributed by atoms with Crippen molar-refractivity contribution in [2.24, 2.45) is 0 Å². The molecule has 132 valence electrons. The molecule has 25 heavy (non-hydrogen) atoms. The number of Topliss-reactive ketones (excluding diaryl/α,β-unsaturated/α-hetero) is 1. The Kier molecular flexibility index (Phi) is 6.30. The predicted molar refractivity (Wildman–Crippen MR) is 98.6 cm³/mol. The van der Waals surface area contributed by atoms with E-state index < -0.39 is 0 Å². The Morgan fingerprint density at radius 2 is 2.00 bits per heavy atom. The van der Waals surface area contributed by atoms with Crippen molar-refractivity contribution < 1.29 is 9.59 Å². The lowest BCUT2D eigenvalue weighted by atomic mass is 10.0. The zero-order valence-electron chi connectivity index (χ0n) is 14.2. The first-order valence-corrected chi connectivity index (χ1v) is 9.57. The van der Waals surface area contributed by atoms with Crippen molar-refractivity contribution in [2.45, 2.75) is 38.3 Å². The third-order valence-corrected chi connectivity index (χ3v) is 5.35. The van der Waals surface area contributed by atoms with Gasteiger partial charge in [0.25, 0.3) is 0 Å². The van der Waals surface area contributed by atoms with Crippen LogP contribution in [0.5, 0.6) is 0 Å². The smallest absolute Gasteiger partial charge is 0.220 e. The van der Waals surface area contributed by atoms with E-state index in [1.807, 2.05) is 41.9 Å². The van der Waals surface area contributed by atoms with Crippen molar-refractivity contribution in [1.82, 2.24) is 15.2 Å². The maximum Gasteiger partial charge on any atom is 0.220 e. The number of hydrogen-bond donors (Lipinski definition) is 1. The summed E-state index contributed by atoms with van der Waals surface area (Å²) in [6.45, 7) is 2.77. The number of nitrogens with one attached hydrogen (secondary N) is 1. The third kappa shape index (κ3) is 5.47. The summed E-state index contributed by atoms with van der Waals surface area (Å²) in [6, 6.07) is 9.85. The van der Waals surface area contributed by atoms with Gasteiger partial charge in [0.15, 0.2) is 5.78 Å². The van der Waals surface area contributed by atoms with Gasteiger partial charge in [0, 0.05) is 44.7 Å². The molecular weight excluding hydrogens is 334 g/mol. The van der Waals surface area contributed by atoms with Crippen LogP contribution < -0.4 is 5.32 Å². The monoisotopic (exact) mass is 357 g/mol. The lowest BCUT2D eigenvalue weighted by Gasteiger charge is -2.32. The summed E-state index contributed by atoms with van der Waals surface area (Å²) in [4.78, 5) is 31.5. The van der Waals surface area contributed by atoms with Gasteiger partial charge in [0.1, 0.15) is 0 Å². The average molecular weight is 357 g/mol. The Labute approximate surface area is 152 Å². The van der Waals surface area contributed by atoms with Gasteiger partial charge >= 0.3 is 0 Å². The van der Waals surface area contributed by atoms with Gasteiger partial charge in [0.2, 0.25) is 5.91 Å². The molecule has 3 rings (SSSR count). The number of carbonyl (C=O) groups is 2. The van der Waals surface area contributed by atoms with Crippen molar-refractivity contribution >= 4 is 23.0 Å². The van der Waals surface area contributed by atoms with Gasteiger partial charge in [-0.15, -0.1) is 11.3 Å². The number of carbonyl (C=O) groups excluding carboxylic acids is 2. The lowest BCUT2D eigenvalue weighted by Crippen LogP contribution is -2.44. The molecular formula is C19H23N3O2S. The van der Waals surface area contributed by atoms with Crippen molar-refractivity contribution in [3.8, 4) is 0 Å². The number of amides is 1. The van der Waals surface area contributed by atoms with Gasteiger partial charge in [-0.3, -0.25) is 19.5 Å². The molecule has 0 spiro atoms. The van der Waals surface area contributed by atoms with Crippen LogP contribution in [-0.4, -0.2) is 40.7 Å². The summed E-state index contributed by atoms with van der Waals surface area (Å²) in [5.41, 5.74) is 1.08. The number of ketones is 1. The largest absolute Gasteiger partial charge is 0.353 e. The molecule has 1 amide bonds. The molecule has 0 radical (unpaired) electrons. The Morgan fingerprint density at radius 1 is 1.16 bits per heavy atom. The molecule has 0 atom stereocenters. The number of nitrogens with zero attached hydrogens (tertiary/aromatic N) is 2. The molecule has 1 aliphatic heterocycles. The molecule has 0 bridgehead atoms. The van der Waals surface area contributed by atoms with E-state index in [4.69, 9.17) is 0 Å². The fourth-order valence-electron chi connectivity index (χ4n) is 3.04. The Bertz CT molecular complexity index is 680. The topological polar surface area (TPSA) is 62.3 Å². The molecule has 1 saturated heterocycles. The Hall–Kier alpha value is -2.05. The summed E-state index contributed by atoms with van der Waals surface area (Å²) >= 11 is 1.43. The van der Waals surface area contributed by atoms with Crippen molar-refractivity contribution in [1.29, 1.82) is 0 Å². The maximum absolute atomic E-state index is 12.1. The van der Waals surface area contributed by atoms with Crippen LogP contribution in [0, 0.1) is 0 Å². The summed E-state index contributed by atoms with van der Waals surface area (Å²) in [7, 11) is 0. The number of thiophene rings is 1. The zero-order chi connectivity index (χ0) is 17.5. The summed E-state index contributed by atoms with van der Waals surface area (Å²) < 4.78 is 0. The van der Waals surface area contributed by atoms with E-state index in [-0.39, 0.29) is 30.6 Å². The van der Waals surface area contributed by atoms with Gasteiger partial charge in [-0.2, -0.15) is 0 Å². The molecule has 2 aromatic heterocycles. The first-order valence-electron chi connectivity index (χ1n) is 8.69. The van der Waals surface area contributed by atoms with E-state index in [9.17, 15) is 9.59 Å². The summed E-state index contributed by atoms with van der Waals surface area (Å²) in [5.74, 6) is 0.0309. The molecule has 0 saturated carbocycles. The fraction of sp³-hybridized carbons (Fsp3) is 0.421. The van der Waals surface area contributed by atoms with Crippen LogP contribution in [0.4, 0.5) is 0 Å².